The molecule has 0 saturated heterocycles. The van der Waals surface area contributed by atoms with Crippen molar-refractivity contribution in [2.75, 3.05) is 6.61 Å². The highest BCUT2D eigenvalue weighted by atomic mass is 35.6. The van der Waals surface area contributed by atoms with Crippen LogP contribution in [0.3, 0.4) is 0 Å². The third-order valence-corrected chi connectivity index (χ3v) is 11.0. The van der Waals surface area contributed by atoms with E-state index < -0.39 is 43.4 Å². The maximum absolute atomic E-state index is 10.5. The number of hydrogen-bond acceptors (Lipinski definition) is 3. The molecule has 0 N–H and O–H groups in total. The zero-order valence-corrected chi connectivity index (χ0v) is 20.9. The van der Waals surface area contributed by atoms with Crippen molar-refractivity contribution in [3.05, 3.63) is 0 Å². The highest BCUT2D eigenvalue weighted by Crippen LogP contribution is 2.68. The van der Waals surface area contributed by atoms with Gasteiger partial charge in [-0.05, 0) is 0 Å². The van der Waals surface area contributed by atoms with Gasteiger partial charge in [0.25, 0.3) is 0 Å². The van der Waals surface area contributed by atoms with Crippen molar-refractivity contribution >= 4 is 162 Å². The van der Waals surface area contributed by atoms with Crippen LogP contribution in [-0.2, 0) is 15.5 Å². The zero-order chi connectivity index (χ0) is 20.0. The molecule has 0 aromatic carbocycles. The summed E-state index contributed by atoms with van der Waals surface area (Å²) in [6, 6.07) is 0. The summed E-state index contributed by atoms with van der Waals surface area (Å²) in [5.41, 5.74) is 0. The Bertz CT molecular complexity index is 484. The number of hydrogen-bond donors (Lipinski definition) is 0. The van der Waals surface area contributed by atoms with Gasteiger partial charge in [-0.15, -0.1) is 0 Å². The largest absolute Gasteiger partial charge is 0.750 e. The normalized spacial score (nSPS) is 17.1. The van der Waals surface area contributed by atoms with Crippen LogP contribution in [0.2, 0.25) is 0 Å². The SMILES string of the molecule is O=S([O-])OCC(Cl)(Cl)C(Cl)(Cl)C(Cl)(Cl)C(Cl)(Cl)C(Cl)(Cl)C(Cl)(Cl)Cl. The van der Waals surface area contributed by atoms with Crippen molar-refractivity contribution in [3.63, 3.8) is 0 Å². The molecule has 3 nitrogen and oxygen atoms in total. The summed E-state index contributed by atoms with van der Waals surface area (Å²) in [6.07, 6.45) is 0. The molecule has 0 aliphatic carbocycles. The van der Waals surface area contributed by atoms with Crippen molar-refractivity contribution in [2.45, 2.75) is 25.5 Å². The van der Waals surface area contributed by atoms with Crippen LogP contribution in [-0.4, -0.2) is 40.8 Å². The van der Waals surface area contributed by atoms with Gasteiger partial charge >= 0.3 is 0 Å². The molecular weight excluding hydrogens is 625 g/mol. The average molecular weight is 627 g/mol. The first-order chi connectivity index (χ1) is 10.2. The minimum Gasteiger partial charge on any atom is -0.750 e. The molecule has 0 rings (SSSR count). The fourth-order valence-electron chi connectivity index (χ4n) is 1.01. The van der Waals surface area contributed by atoms with Gasteiger partial charge in [0.05, 0.1) is 18.0 Å². The molecule has 0 aliphatic heterocycles. The standard InChI is InChI=1S/C7H3Cl13O3S/c8-2(9,1-23-24(21)22)3(10,11)4(12,13)5(14,15)6(16,17)7(18,19)20/h1H2,(H,21,22)/p-1. The molecule has 0 amide bonds. The summed E-state index contributed by atoms with van der Waals surface area (Å²) >= 11 is 73.3. The van der Waals surface area contributed by atoms with Crippen LogP contribution in [0.1, 0.15) is 0 Å². The predicted octanol–water partition coefficient (Wildman–Crippen LogP) is 7.04. The Kier molecular flexibility index (Phi) is 10.3. The van der Waals surface area contributed by atoms with E-state index in [1.165, 1.54) is 0 Å². The van der Waals surface area contributed by atoms with E-state index in [1.807, 2.05) is 0 Å². The van der Waals surface area contributed by atoms with E-state index in [-0.39, 0.29) is 0 Å². The molecule has 0 spiro atoms. The number of rotatable bonds is 7. The summed E-state index contributed by atoms with van der Waals surface area (Å²) in [6.45, 7) is -1.02. The van der Waals surface area contributed by atoms with Gasteiger partial charge in [-0.25, -0.2) is 4.21 Å². The smallest absolute Gasteiger partial charge is 0.226 e. The molecule has 0 saturated carbocycles. The Labute approximate surface area is 205 Å². The lowest BCUT2D eigenvalue weighted by molar-refractivity contribution is 0.274. The van der Waals surface area contributed by atoms with Crippen molar-refractivity contribution in [1.82, 2.24) is 0 Å². The Morgan fingerprint density at radius 1 is 0.667 bits per heavy atom. The summed E-state index contributed by atoms with van der Waals surface area (Å²) in [5, 5.41) is 0. The van der Waals surface area contributed by atoms with Gasteiger partial charge in [0.15, 0.2) is 17.3 Å². The van der Waals surface area contributed by atoms with E-state index >= 15 is 0 Å². The summed E-state index contributed by atoms with van der Waals surface area (Å²) in [5.74, 6) is 0. The maximum Gasteiger partial charge on any atom is 0.226 e. The van der Waals surface area contributed by atoms with Crippen molar-refractivity contribution in [2.24, 2.45) is 0 Å². The molecule has 0 bridgehead atoms. The Morgan fingerprint density at radius 3 is 1.29 bits per heavy atom. The Hall–Kier alpha value is 3.84. The highest BCUT2D eigenvalue weighted by molar-refractivity contribution is 7.74. The molecule has 0 aliphatic rings. The van der Waals surface area contributed by atoms with E-state index in [1.54, 1.807) is 0 Å². The summed E-state index contributed by atoms with van der Waals surface area (Å²) in [7, 11) is 0. The molecule has 0 aromatic rings. The lowest BCUT2D eigenvalue weighted by atomic mass is 10.1. The van der Waals surface area contributed by atoms with Gasteiger partial charge in [-0.1, -0.05) is 151 Å². The van der Waals surface area contributed by atoms with E-state index in [0.717, 1.165) is 0 Å². The number of alkyl halides is 13. The minimum atomic E-state index is -3.03. The van der Waals surface area contributed by atoms with E-state index in [0.29, 0.717) is 0 Å². The first-order valence-corrected chi connectivity index (χ1v) is 10.8. The van der Waals surface area contributed by atoms with Gasteiger partial charge in [0.1, 0.15) is 0 Å². The van der Waals surface area contributed by atoms with E-state index in [9.17, 15) is 8.76 Å². The maximum atomic E-state index is 10.5. The van der Waals surface area contributed by atoms with Gasteiger partial charge in [0.2, 0.25) is 8.13 Å². The van der Waals surface area contributed by atoms with E-state index in [4.69, 9.17) is 151 Å². The molecular formula is C7H2Cl13O3S-. The molecule has 146 valence electrons. The lowest BCUT2D eigenvalue weighted by Crippen LogP contribution is -2.66. The van der Waals surface area contributed by atoms with Gasteiger partial charge in [-0.3, -0.25) is 4.18 Å². The molecule has 17 heteroatoms. The molecule has 24 heavy (non-hydrogen) atoms. The zero-order valence-electron chi connectivity index (χ0n) is 10.3. The summed E-state index contributed by atoms with van der Waals surface area (Å²) in [4.78, 5) is 0. The second-order valence-electron chi connectivity index (χ2n) is 3.97. The van der Waals surface area contributed by atoms with Crippen LogP contribution in [0.4, 0.5) is 0 Å². The van der Waals surface area contributed by atoms with Gasteiger partial charge in [-0.2, -0.15) is 0 Å². The van der Waals surface area contributed by atoms with Crippen LogP contribution in [0, 0.1) is 0 Å². The minimum absolute atomic E-state index is 1.02. The van der Waals surface area contributed by atoms with E-state index in [2.05, 4.69) is 4.18 Å². The molecule has 0 fully saturated rings. The third-order valence-electron chi connectivity index (χ3n) is 2.33. The van der Waals surface area contributed by atoms with Crippen LogP contribution < -0.4 is 0 Å². The van der Waals surface area contributed by atoms with Crippen molar-refractivity contribution in [3.8, 4) is 0 Å². The topological polar surface area (TPSA) is 49.4 Å². The fourth-order valence-corrected chi connectivity index (χ4v) is 4.95. The van der Waals surface area contributed by atoms with Crippen LogP contribution in [0.5, 0.6) is 0 Å². The molecule has 1 atom stereocenters. The van der Waals surface area contributed by atoms with Crippen LogP contribution in [0.25, 0.3) is 0 Å². The lowest BCUT2D eigenvalue weighted by Gasteiger charge is -2.50. The Morgan fingerprint density at radius 2 is 1.00 bits per heavy atom. The Balaban J connectivity index is 6.05. The van der Waals surface area contributed by atoms with Gasteiger partial charge in [0, 0.05) is 0 Å². The first-order valence-electron chi connectivity index (χ1n) is 4.85. The highest BCUT2D eigenvalue weighted by Gasteiger charge is 2.76. The van der Waals surface area contributed by atoms with Gasteiger partial charge < -0.3 is 4.55 Å². The monoisotopic (exact) mass is 621 g/mol. The van der Waals surface area contributed by atoms with Crippen molar-refractivity contribution < 1.29 is 12.9 Å². The number of halogens is 13. The summed E-state index contributed by atoms with van der Waals surface area (Å²) < 4.78 is 8.93. The second-order valence-corrected chi connectivity index (χ2v) is 13.7. The molecule has 1 unspecified atom stereocenters. The third kappa shape index (κ3) is 5.30. The second kappa shape index (κ2) is 8.91. The predicted molar refractivity (Wildman–Crippen MR) is 107 cm³/mol. The first kappa shape index (κ1) is 27.8. The molecule has 0 aromatic heterocycles. The quantitative estimate of drug-likeness (QED) is 0.225. The van der Waals surface area contributed by atoms with Crippen molar-refractivity contribution in [1.29, 1.82) is 0 Å². The molecule has 0 heterocycles. The molecule has 0 radical (unpaired) electrons. The van der Waals surface area contributed by atoms with Crippen LogP contribution >= 0.6 is 151 Å². The fraction of sp³-hybridized carbons (Fsp3) is 1.00. The average Bonchev–Trinajstić information content (AvgIpc) is 2.34. The van der Waals surface area contributed by atoms with Crippen LogP contribution in [0.15, 0.2) is 0 Å².